The zero-order valence-corrected chi connectivity index (χ0v) is 6.92. The van der Waals surface area contributed by atoms with E-state index in [2.05, 4.69) is 0 Å². The number of hydrogen-bond donors (Lipinski definition) is 2. The minimum absolute atomic E-state index is 0.250. The second-order valence-electron chi connectivity index (χ2n) is 2.23. The third kappa shape index (κ3) is 3.50. The monoisotopic (exact) mass is 189 g/mol. The summed E-state index contributed by atoms with van der Waals surface area (Å²) >= 11 is 0. The maximum absolute atomic E-state index is 12.3. The summed E-state index contributed by atoms with van der Waals surface area (Å²) in [5, 5.41) is 6.89. The van der Waals surface area contributed by atoms with Gasteiger partial charge in [0.05, 0.1) is 0 Å². The Bertz CT molecular complexity index is 252. The van der Waals surface area contributed by atoms with Crippen molar-refractivity contribution in [2.45, 2.75) is 6.92 Å². The SMILES string of the molecule is Cc1cc(F)c(F)cc1N.O=CO. The fraction of sp³-hybridized carbons (Fsp3) is 0.125. The number of hydrogen-bond acceptors (Lipinski definition) is 2. The summed E-state index contributed by atoms with van der Waals surface area (Å²) in [5.74, 6) is -1.75. The molecule has 0 aliphatic carbocycles. The molecule has 13 heavy (non-hydrogen) atoms. The molecule has 0 heterocycles. The molecule has 3 N–H and O–H groups in total. The largest absolute Gasteiger partial charge is 0.483 e. The van der Waals surface area contributed by atoms with Crippen LogP contribution in [-0.2, 0) is 4.79 Å². The Hall–Kier alpha value is -1.65. The fourth-order valence-corrected chi connectivity index (χ4v) is 0.662. The Morgan fingerprint density at radius 3 is 2.15 bits per heavy atom. The summed E-state index contributed by atoms with van der Waals surface area (Å²) in [6.07, 6.45) is 0. The van der Waals surface area contributed by atoms with Gasteiger partial charge in [-0.1, -0.05) is 0 Å². The van der Waals surface area contributed by atoms with E-state index in [0.29, 0.717) is 5.56 Å². The van der Waals surface area contributed by atoms with E-state index in [-0.39, 0.29) is 12.2 Å². The number of rotatable bonds is 0. The summed E-state index contributed by atoms with van der Waals surface area (Å²) in [6, 6.07) is 2.05. The number of aryl methyl sites for hydroxylation is 1. The molecule has 0 fully saturated rings. The van der Waals surface area contributed by atoms with Crippen molar-refractivity contribution < 1.29 is 18.7 Å². The van der Waals surface area contributed by atoms with Gasteiger partial charge < -0.3 is 10.8 Å². The van der Waals surface area contributed by atoms with E-state index in [0.717, 1.165) is 12.1 Å². The Labute approximate surface area is 73.8 Å². The van der Waals surface area contributed by atoms with Crippen LogP contribution in [0, 0.1) is 18.6 Å². The summed E-state index contributed by atoms with van der Waals surface area (Å²) in [7, 11) is 0. The summed E-state index contributed by atoms with van der Waals surface area (Å²) in [6.45, 7) is 1.37. The molecule has 72 valence electrons. The molecule has 0 aliphatic rings. The van der Waals surface area contributed by atoms with Crippen LogP contribution in [-0.4, -0.2) is 11.6 Å². The minimum atomic E-state index is -0.900. The molecule has 0 unspecified atom stereocenters. The molecular weight excluding hydrogens is 180 g/mol. The van der Waals surface area contributed by atoms with Crippen molar-refractivity contribution in [1.82, 2.24) is 0 Å². The van der Waals surface area contributed by atoms with Gasteiger partial charge in [0.25, 0.3) is 6.47 Å². The van der Waals surface area contributed by atoms with Gasteiger partial charge in [0.1, 0.15) is 0 Å². The minimum Gasteiger partial charge on any atom is -0.483 e. The normalized spacial score (nSPS) is 8.54. The summed E-state index contributed by atoms with van der Waals surface area (Å²) in [5.41, 5.74) is 6.11. The highest BCUT2D eigenvalue weighted by molar-refractivity contribution is 5.46. The number of nitrogen functional groups attached to an aromatic ring is 1. The van der Waals surface area contributed by atoms with Gasteiger partial charge in [0, 0.05) is 11.8 Å². The molecule has 5 heteroatoms. The number of carboxylic acid groups (broad SMARTS) is 1. The van der Waals surface area contributed by atoms with Crippen LogP contribution in [0.1, 0.15) is 5.56 Å². The number of carbonyl (C=O) groups is 1. The quantitative estimate of drug-likeness (QED) is 0.480. The van der Waals surface area contributed by atoms with Gasteiger partial charge in [-0.25, -0.2) is 8.78 Å². The van der Waals surface area contributed by atoms with Gasteiger partial charge in [-0.3, -0.25) is 4.79 Å². The van der Waals surface area contributed by atoms with E-state index in [1.165, 1.54) is 0 Å². The predicted octanol–water partition coefficient (Wildman–Crippen LogP) is 1.56. The van der Waals surface area contributed by atoms with Crippen LogP contribution in [0.5, 0.6) is 0 Å². The van der Waals surface area contributed by atoms with Crippen molar-refractivity contribution in [1.29, 1.82) is 0 Å². The Morgan fingerprint density at radius 1 is 1.38 bits per heavy atom. The Morgan fingerprint density at radius 2 is 1.77 bits per heavy atom. The highest BCUT2D eigenvalue weighted by Gasteiger charge is 2.02. The molecular formula is C8H9F2NO2. The van der Waals surface area contributed by atoms with Crippen molar-refractivity contribution in [2.24, 2.45) is 0 Å². The van der Waals surface area contributed by atoms with Crippen LogP contribution >= 0.6 is 0 Å². The zero-order valence-electron chi connectivity index (χ0n) is 6.92. The average Bonchev–Trinajstić information content (AvgIpc) is 2.03. The molecule has 0 bridgehead atoms. The van der Waals surface area contributed by atoms with Crippen LogP contribution in [0.4, 0.5) is 14.5 Å². The molecule has 0 aliphatic heterocycles. The van der Waals surface area contributed by atoms with E-state index in [9.17, 15) is 8.78 Å². The Kier molecular flexibility index (Phi) is 4.43. The fourth-order valence-electron chi connectivity index (χ4n) is 0.662. The topological polar surface area (TPSA) is 63.3 Å². The lowest BCUT2D eigenvalue weighted by Crippen LogP contribution is -1.93. The predicted molar refractivity (Wildman–Crippen MR) is 44.2 cm³/mol. The van der Waals surface area contributed by atoms with E-state index < -0.39 is 11.6 Å². The van der Waals surface area contributed by atoms with Gasteiger partial charge in [-0.05, 0) is 18.6 Å². The number of halogens is 2. The maximum Gasteiger partial charge on any atom is 0.290 e. The zero-order chi connectivity index (χ0) is 10.4. The average molecular weight is 189 g/mol. The number of anilines is 1. The second-order valence-corrected chi connectivity index (χ2v) is 2.23. The molecule has 0 amide bonds. The Balaban J connectivity index is 0.000000424. The first-order valence-corrected chi connectivity index (χ1v) is 3.32. The summed E-state index contributed by atoms with van der Waals surface area (Å²) in [4.78, 5) is 8.36. The standard InChI is InChI=1S/C7H7F2N.CH2O2/c1-4-2-5(8)6(9)3-7(4)10;2-1-3/h2-3H,10H2,1H3;1H,(H,2,3). The highest BCUT2D eigenvalue weighted by atomic mass is 19.2. The lowest BCUT2D eigenvalue weighted by molar-refractivity contribution is -0.122. The highest BCUT2D eigenvalue weighted by Crippen LogP contribution is 2.14. The van der Waals surface area contributed by atoms with Crippen molar-refractivity contribution in [3.8, 4) is 0 Å². The molecule has 0 saturated carbocycles. The van der Waals surface area contributed by atoms with E-state index in [4.69, 9.17) is 15.6 Å². The molecule has 0 spiro atoms. The van der Waals surface area contributed by atoms with Crippen molar-refractivity contribution >= 4 is 12.2 Å². The van der Waals surface area contributed by atoms with Crippen molar-refractivity contribution in [3.63, 3.8) is 0 Å². The molecule has 0 atom stereocenters. The molecule has 0 radical (unpaired) electrons. The lowest BCUT2D eigenvalue weighted by Gasteiger charge is -1.98. The van der Waals surface area contributed by atoms with Crippen LogP contribution < -0.4 is 5.73 Å². The smallest absolute Gasteiger partial charge is 0.290 e. The lowest BCUT2D eigenvalue weighted by atomic mass is 10.2. The maximum atomic E-state index is 12.3. The van der Waals surface area contributed by atoms with Gasteiger partial charge in [0.2, 0.25) is 0 Å². The van der Waals surface area contributed by atoms with E-state index in [1.807, 2.05) is 0 Å². The number of nitrogens with two attached hydrogens (primary N) is 1. The first-order valence-electron chi connectivity index (χ1n) is 3.32. The van der Waals surface area contributed by atoms with Gasteiger partial charge in [0.15, 0.2) is 11.6 Å². The molecule has 0 aromatic heterocycles. The second kappa shape index (κ2) is 5.08. The molecule has 1 aromatic carbocycles. The van der Waals surface area contributed by atoms with E-state index in [1.54, 1.807) is 6.92 Å². The van der Waals surface area contributed by atoms with Gasteiger partial charge >= 0.3 is 0 Å². The molecule has 3 nitrogen and oxygen atoms in total. The van der Waals surface area contributed by atoms with Crippen LogP contribution in [0.15, 0.2) is 12.1 Å². The molecule has 1 rings (SSSR count). The van der Waals surface area contributed by atoms with Crippen LogP contribution in [0.2, 0.25) is 0 Å². The molecule has 1 aromatic rings. The van der Waals surface area contributed by atoms with Crippen LogP contribution in [0.3, 0.4) is 0 Å². The number of benzene rings is 1. The third-order valence-corrected chi connectivity index (χ3v) is 1.31. The first kappa shape index (κ1) is 11.4. The van der Waals surface area contributed by atoms with Crippen molar-refractivity contribution in [3.05, 3.63) is 29.3 Å². The van der Waals surface area contributed by atoms with Gasteiger partial charge in [-0.2, -0.15) is 0 Å². The van der Waals surface area contributed by atoms with Crippen molar-refractivity contribution in [2.75, 3.05) is 5.73 Å². The van der Waals surface area contributed by atoms with Gasteiger partial charge in [-0.15, -0.1) is 0 Å². The summed E-state index contributed by atoms with van der Waals surface area (Å²) < 4.78 is 24.6. The molecule has 0 saturated heterocycles. The first-order chi connectivity index (χ1) is 6.02. The third-order valence-electron chi connectivity index (χ3n) is 1.31. The van der Waals surface area contributed by atoms with Crippen LogP contribution in [0.25, 0.3) is 0 Å². The van der Waals surface area contributed by atoms with E-state index >= 15 is 0 Å².